The largest absolute Gasteiger partial charge is 0.497 e. The lowest BCUT2D eigenvalue weighted by atomic mass is 9.91. The summed E-state index contributed by atoms with van der Waals surface area (Å²) in [6, 6.07) is 8.04. The summed E-state index contributed by atoms with van der Waals surface area (Å²) in [4.78, 5) is 19.1. The average molecular weight is 417 g/mol. The molecule has 0 radical (unpaired) electrons. The summed E-state index contributed by atoms with van der Waals surface area (Å²) in [5.74, 6) is 2.41. The van der Waals surface area contributed by atoms with E-state index in [9.17, 15) is 4.79 Å². The average Bonchev–Trinajstić information content (AvgIpc) is 3.14. The molecule has 1 N–H and O–H groups in total. The number of methoxy groups -OCH3 is 1. The van der Waals surface area contributed by atoms with Gasteiger partial charge < -0.3 is 15.0 Å². The first kappa shape index (κ1) is 21.6. The topological polar surface area (TPSA) is 67.3 Å². The number of aromatic nitrogens is 2. The Morgan fingerprint density at radius 1 is 1.31 bits per heavy atom. The molecule has 0 saturated carbocycles. The third-order valence-electron chi connectivity index (χ3n) is 5.12. The molecule has 2 heterocycles. The molecule has 1 amide bonds. The highest BCUT2D eigenvalue weighted by molar-refractivity contribution is 7.09. The lowest BCUT2D eigenvalue weighted by Gasteiger charge is -2.31. The van der Waals surface area contributed by atoms with E-state index in [1.54, 1.807) is 7.11 Å². The van der Waals surface area contributed by atoms with E-state index < -0.39 is 0 Å². The first-order valence-electron chi connectivity index (χ1n) is 10.3. The summed E-state index contributed by atoms with van der Waals surface area (Å²) < 4.78 is 9.83. The zero-order valence-electron chi connectivity index (χ0n) is 17.9. The zero-order chi connectivity index (χ0) is 20.9. The van der Waals surface area contributed by atoms with Gasteiger partial charge in [0, 0.05) is 44.0 Å². The summed E-state index contributed by atoms with van der Waals surface area (Å²) in [5, 5.41) is 4.11. The number of hydrogen-bond donors (Lipinski definition) is 1. The Morgan fingerprint density at radius 3 is 2.76 bits per heavy atom. The van der Waals surface area contributed by atoms with Gasteiger partial charge in [-0.25, -0.2) is 4.98 Å². The quantitative estimate of drug-likeness (QED) is 0.741. The number of amides is 1. The van der Waals surface area contributed by atoms with Crippen LogP contribution >= 0.6 is 11.5 Å². The SMILES string of the molecule is COc1cccc(Cc2nsc(N3CCC(CNC(=O)CC(C)(C)C)CC3)n2)c1. The smallest absolute Gasteiger partial charge is 0.220 e. The van der Waals surface area contributed by atoms with E-state index in [1.165, 1.54) is 11.5 Å². The highest BCUT2D eigenvalue weighted by atomic mass is 32.1. The minimum absolute atomic E-state index is 0.0356. The maximum Gasteiger partial charge on any atom is 0.220 e. The van der Waals surface area contributed by atoms with E-state index in [0.717, 1.165) is 54.7 Å². The molecule has 1 aromatic carbocycles. The summed E-state index contributed by atoms with van der Waals surface area (Å²) >= 11 is 1.47. The van der Waals surface area contributed by atoms with E-state index >= 15 is 0 Å². The Hall–Kier alpha value is -2.15. The lowest BCUT2D eigenvalue weighted by Crippen LogP contribution is -2.39. The summed E-state index contributed by atoms with van der Waals surface area (Å²) in [5.41, 5.74) is 1.19. The van der Waals surface area contributed by atoms with Gasteiger partial charge in [0.1, 0.15) is 11.6 Å². The Morgan fingerprint density at radius 2 is 2.07 bits per heavy atom. The van der Waals surface area contributed by atoms with Crippen LogP contribution in [0.5, 0.6) is 5.75 Å². The number of carbonyl (C=O) groups is 1. The molecule has 1 fully saturated rings. The third-order valence-corrected chi connectivity index (χ3v) is 5.93. The van der Waals surface area contributed by atoms with Gasteiger partial charge in [0.25, 0.3) is 0 Å². The van der Waals surface area contributed by atoms with Crippen LogP contribution in [0.3, 0.4) is 0 Å². The number of benzene rings is 1. The van der Waals surface area contributed by atoms with Gasteiger partial charge in [-0.2, -0.15) is 4.37 Å². The van der Waals surface area contributed by atoms with Gasteiger partial charge in [-0.1, -0.05) is 32.9 Å². The van der Waals surface area contributed by atoms with Crippen LogP contribution in [0.1, 0.15) is 51.4 Å². The molecule has 7 heteroatoms. The molecule has 0 bridgehead atoms. The van der Waals surface area contributed by atoms with Gasteiger partial charge in [0.15, 0.2) is 0 Å². The van der Waals surface area contributed by atoms with E-state index in [2.05, 4.69) is 41.4 Å². The van der Waals surface area contributed by atoms with Gasteiger partial charge in [-0.15, -0.1) is 0 Å². The van der Waals surface area contributed by atoms with Crippen LogP contribution in [0.25, 0.3) is 0 Å². The first-order valence-corrected chi connectivity index (χ1v) is 11.1. The molecule has 158 valence electrons. The van der Waals surface area contributed by atoms with Crippen LogP contribution in [0, 0.1) is 11.3 Å². The van der Waals surface area contributed by atoms with Gasteiger partial charge in [-0.05, 0) is 41.9 Å². The van der Waals surface area contributed by atoms with Crippen molar-refractivity contribution in [3.63, 3.8) is 0 Å². The van der Waals surface area contributed by atoms with Crippen LogP contribution in [-0.4, -0.2) is 42.0 Å². The molecule has 1 saturated heterocycles. The maximum absolute atomic E-state index is 12.0. The molecule has 2 aromatic rings. The predicted molar refractivity (Wildman–Crippen MR) is 118 cm³/mol. The molecular formula is C22H32N4O2S. The normalized spacial score (nSPS) is 15.4. The van der Waals surface area contributed by atoms with Gasteiger partial charge >= 0.3 is 0 Å². The van der Waals surface area contributed by atoms with E-state index in [-0.39, 0.29) is 11.3 Å². The molecule has 0 atom stereocenters. The van der Waals surface area contributed by atoms with Crippen LogP contribution in [0.2, 0.25) is 0 Å². The molecule has 3 rings (SSSR count). The summed E-state index contributed by atoms with van der Waals surface area (Å²) in [6.45, 7) is 8.99. The second-order valence-corrected chi connectivity index (χ2v) is 9.72. The fraction of sp³-hybridized carbons (Fsp3) is 0.591. The monoisotopic (exact) mass is 416 g/mol. The molecule has 0 spiro atoms. The van der Waals surface area contributed by atoms with Gasteiger partial charge in [-0.3, -0.25) is 4.79 Å². The van der Waals surface area contributed by atoms with Crippen molar-refractivity contribution in [3.8, 4) is 5.75 Å². The summed E-state index contributed by atoms with van der Waals surface area (Å²) in [7, 11) is 1.68. The first-order chi connectivity index (χ1) is 13.8. The fourth-order valence-corrected chi connectivity index (χ4v) is 4.28. The third kappa shape index (κ3) is 6.70. The van der Waals surface area contributed by atoms with Crippen molar-refractivity contribution in [2.75, 3.05) is 31.6 Å². The molecule has 0 aliphatic carbocycles. The molecule has 6 nitrogen and oxygen atoms in total. The summed E-state index contributed by atoms with van der Waals surface area (Å²) in [6.07, 6.45) is 3.43. The number of piperidine rings is 1. The predicted octanol–water partition coefficient (Wildman–Crippen LogP) is 3.91. The van der Waals surface area contributed by atoms with Crippen molar-refractivity contribution in [1.29, 1.82) is 0 Å². The minimum atomic E-state index is 0.0356. The van der Waals surface area contributed by atoms with Gasteiger partial charge in [0.05, 0.1) is 7.11 Å². The molecule has 1 aliphatic heterocycles. The van der Waals surface area contributed by atoms with Crippen molar-refractivity contribution in [1.82, 2.24) is 14.7 Å². The number of carbonyl (C=O) groups excluding carboxylic acids is 1. The van der Waals surface area contributed by atoms with E-state index in [1.807, 2.05) is 18.2 Å². The Bertz CT molecular complexity index is 807. The van der Waals surface area contributed by atoms with Crippen molar-refractivity contribution < 1.29 is 9.53 Å². The lowest BCUT2D eigenvalue weighted by molar-refractivity contribution is -0.123. The van der Waals surface area contributed by atoms with Crippen molar-refractivity contribution in [2.45, 2.75) is 46.5 Å². The zero-order valence-corrected chi connectivity index (χ0v) is 18.7. The number of anilines is 1. The molecule has 0 unspecified atom stereocenters. The number of rotatable bonds is 7. The van der Waals surface area contributed by atoms with Crippen LogP contribution in [-0.2, 0) is 11.2 Å². The van der Waals surface area contributed by atoms with Gasteiger partial charge in [0.2, 0.25) is 11.0 Å². The van der Waals surface area contributed by atoms with Crippen molar-refractivity contribution >= 4 is 22.6 Å². The molecular weight excluding hydrogens is 384 g/mol. The molecule has 1 aromatic heterocycles. The number of hydrogen-bond acceptors (Lipinski definition) is 6. The van der Waals surface area contributed by atoms with E-state index in [4.69, 9.17) is 9.72 Å². The van der Waals surface area contributed by atoms with Crippen LogP contribution in [0.4, 0.5) is 5.13 Å². The molecule has 1 aliphatic rings. The van der Waals surface area contributed by atoms with Crippen molar-refractivity contribution in [3.05, 3.63) is 35.7 Å². The Kier molecular flexibility index (Phi) is 7.11. The molecule has 29 heavy (non-hydrogen) atoms. The highest BCUT2D eigenvalue weighted by Crippen LogP contribution is 2.26. The Labute approximate surface area is 177 Å². The van der Waals surface area contributed by atoms with Crippen LogP contribution in [0.15, 0.2) is 24.3 Å². The van der Waals surface area contributed by atoms with E-state index in [0.29, 0.717) is 18.8 Å². The Balaban J connectivity index is 1.46. The maximum atomic E-state index is 12.0. The van der Waals surface area contributed by atoms with Crippen LogP contribution < -0.4 is 15.0 Å². The second-order valence-electron chi connectivity index (χ2n) is 8.99. The number of nitrogens with zero attached hydrogens (tertiary/aromatic N) is 3. The standard InChI is InChI=1S/C22H32N4O2S/c1-22(2,3)14-20(27)23-15-16-8-10-26(11-9-16)21-24-19(25-29-21)13-17-6-5-7-18(12-17)28-4/h5-7,12,16H,8-11,13-15H2,1-4H3,(H,23,27). The fourth-order valence-electron chi connectivity index (χ4n) is 3.54. The number of ether oxygens (including phenoxy) is 1. The number of nitrogens with one attached hydrogen (secondary N) is 1. The van der Waals surface area contributed by atoms with Crippen molar-refractivity contribution in [2.24, 2.45) is 11.3 Å². The minimum Gasteiger partial charge on any atom is -0.497 e. The highest BCUT2D eigenvalue weighted by Gasteiger charge is 2.23. The second kappa shape index (κ2) is 9.57.